The Morgan fingerprint density at radius 3 is 1.27 bits per heavy atom. The number of rotatable bonds is 7. The van der Waals surface area contributed by atoms with Crippen LogP contribution in [0, 0.1) is 0 Å². The fraction of sp³-hybridized carbons (Fsp3) is 0. The van der Waals surface area contributed by atoms with Gasteiger partial charge in [-0.1, -0.05) is 170 Å². The Morgan fingerprint density at radius 1 is 0.254 bits per heavy atom. The van der Waals surface area contributed by atoms with Gasteiger partial charge in [0.15, 0.2) is 17.5 Å². The molecule has 276 valence electrons. The SMILES string of the molecule is c1ccc(-c2cc(-c3ccccc3)cc(-c3cccc(-c4cc(-c5nc(-c6ccccc6)nc(-c6ccccc6)n5)c5oc6c7ccccc7ccc6c5c4)c3)c2)cc1. The third-order valence-corrected chi connectivity index (χ3v) is 11.1. The van der Waals surface area contributed by atoms with Crippen LogP contribution in [0.4, 0.5) is 0 Å². The van der Waals surface area contributed by atoms with Crippen LogP contribution in [0.3, 0.4) is 0 Å². The van der Waals surface area contributed by atoms with Gasteiger partial charge in [-0.3, -0.25) is 0 Å². The van der Waals surface area contributed by atoms with Crippen molar-refractivity contribution in [2.45, 2.75) is 0 Å². The minimum absolute atomic E-state index is 0.548. The van der Waals surface area contributed by atoms with Gasteiger partial charge in [0.05, 0.1) is 5.56 Å². The molecule has 4 heteroatoms. The number of hydrogen-bond acceptors (Lipinski definition) is 4. The van der Waals surface area contributed by atoms with Crippen molar-refractivity contribution < 1.29 is 4.42 Å². The third-order valence-electron chi connectivity index (χ3n) is 11.1. The van der Waals surface area contributed by atoms with Crippen molar-refractivity contribution in [3.63, 3.8) is 0 Å². The molecule has 2 heterocycles. The minimum Gasteiger partial charge on any atom is -0.455 e. The molecule has 11 rings (SSSR count). The lowest BCUT2D eigenvalue weighted by atomic mass is 9.91. The van der Waals surface area contributed by atoms with Gasteiger partial charge < -0.3 is 4.42 Å². The van der Waals surface area contributed by atoms with Crippen molar-refractivity contribution >= 4 is 32.7 Å². The van der Waals surface area contributed by atoms with Crippen LogP contribution in [-0.4, -0.2) is 15.0 Å². The van der Waals surface area contributed by atoms with Crippen LogP contribution in [0.1, 0.15) is 0 Å². The van der Waals surface area contributed by atoms with Crippen LogP contribution in [0.5, 0.6) is 0 Å². The molecule has 4 nitrogen and oxygen atoms in total. The van der Waals surface area contributed by atoms with Crippen LogP contribution in [-0.2, 0) is 0 Å². The smallest absolute Gasteiger partial charge is 0.167 e. The molecule has 11 aromatic rings. The third kappa shape index (κ3) is 6.43. The van der Waals surface area contributed by atoms with Gasteiger partial charge in [0.1, 0.15) is 11.2 Å². The molecule has 0 atom stereocenters. The van der Waals surface area contributed by atoms with Gasteiger partial charge in [0.25, 0.3) is 0 Å². The lowest BCUT2D eigenvalue weighted by Crippen LogP contribution is -2.00. The highest BCUT2D eigenvalue weighted by Gasteiger charge is 2.21. The topological polar surface area (TPSA) is 51.8 Å². The zero-order valence-electron chi connectivity index (χ0n) is 32.0. The summed E-state index contributed by atoms with van der Waals surface area (Å²) in [6.45, 7) is 0. The summed E-state index contributed by atoms with van der Waals surface area (Å²) in [6, 6.07) is 74.3. The predicted octanol–water partition coefficient (Wildman–Crippen LogP) is 14.6. The quantitative estimate of drug-likeness (QED) is 0.163. The molecule has 0 aliphatic rings. The second-order valence-corrected chi connectivity index (χ2v) is 14.8. The second kappa shape index (κ2) is 14.5. The van der Waals surface area contributed by atoms with E-state index >= 15 is 0 Å². The monoisotopic (exact) mass is 753 g/mol. The molecule has 0 radical (unpaired) electrons. The Balaban J connectivity index is 1.14. The molecule has 0 spiro atoms. The van der Waals surface area contributed by atoms with Gasteiger partial charge in [0.2, 0.25) is 0 Å². The normalized spacial score (nSPS) is 11.4. The molecule has 0 aliphatic heterocycles. The maximum absolute atomic E-state index is 6.94. The molecule has 0 unspecified atom stereocenters. The molecular formula is C55H35N3O. The highest BCUT2D eigenvalue weighted by molar-refractivity contribution is 6.18. The lowest BCUT2D eigenvalue weighted by molar-refractivity contribution is 0.673. The zero-order chi connectivity index (χ0) is 39.1. The minimum atomic E-state index is 0.548. The molecular weight excluding hydrogens is 719 g/mol. The first kappa shape index (κ1) is 34.3. The van der Waals surface area contributed by atoms with Crippen LogP contribution < -0.4 is 0 Å². The molecule has 59 heavy (non-hydrogen) atoms. The summed E-state index contributed by atoms with van der Waals surface area (Å²) in [4.78, 5) is 15.3. The van der Waals surface area contributed by atoms with Crippen molar-refractivity contribution in [3.05, 3.63) is 212 Å². The Morgan fingerprint density at radius 2 is 0.695 bits per heavy atom. The van der Waals surface area contributed by atoms with E-state index in [1.165, 1.54) is 22.3 Å². The van der Waals surface area contributed by atoms with E-state index in [4.69, 9.17) is 19.4 Å². The number of fused-ring (bicyclic) bond motifs is 5. The summed E-state index contributed by atoms with van der Waals surface area (Å²) in [5.74, 6) is 1.75. The Bertz CT molecular complexity index is 3190. The molecule has 0 bridgehead atoms. The molecule has 0 N–H and O–H groups in total. The van der Waals surface area contributed by atoms with Crippen LogP contribution in [0.2, 0.25) is 0 Å². The van der Waals surface area contributed by atoms with Gasteiger partial charge in [-0.05, 0) is 92.4 Å². The van der Waals surface area contributed by atoms with E-state index in [2.05, 4.69) is 152 Å². The largest absolute Gasteiger partial charge is 0.455 e. The van der Waals surface area contributed by atoms with E-state index in [0.29, 0.717) is 17.5 Å². The van der Waals surface area contributed by atoms with E-state index in [9.17, 15) is 0 Å². The van der Waals surface area contributed by atoms with Gasteiger partial charge in [-0.15, -0.1) is 0 Å². The van der Waals surface area contributed by atoms with Gasteiger partial charge in [-0.2, -0.15) is 0 Å². The molecule has 0 saturated carbocycles. The fourth-order valence-electron chi connectivity index (χ4n) is 8.13. The van der Waals surface area contributed by atoms with Gasteiger partial charge in [0, 0.05) is 27.3 Å². The maximum Gasteiger partial charge on any atom is 0.167 e. The van der Waals surface area contributed by atoms with Crippen LogP contribution >= 0.6 is 0 Å². The molecule has 0 fully saturated rings. The summed E-state index contributed by atoms with van der Waals surface area (Å²) in [6.07, 6.45) is 0. The summed E-state index contributed by atoms with van der Waals surface area (Å²) < 4.78 is 6.94. The molecule has 0 saturated heterocycles. The average molecular weight is 754 g/mol. The lowest BCUT2D eigenvalue weighted by Gasteiger charge is -2.13. The molecule has 9 aromatic carbocycles. The number of benzene rings is 9. The van der Waals surface area contributed by atoms with Crippen LogP contribution in [0.25, 0.3) is 111 Å². The first-order chi connectivity index (χ1) is 29.2. The van der Waals surface area contributed by atoms with Crippen molar-refractivity contribution in [1.29, 1.82) is 0 Å². The standard InChI is InChI=1S/C55H35N3O/c1-5-16-36(17-6-1)43-31-44(37-18-7-2-8-19-37)33-45(32-43)41-25-15-26-42(30-41)46-34-49-48-29-28-38-20-13-14-27-47(38)51(48)59-52(49)50(35-46)55-57-53(39-21-9-3-10-22-39)56-54(58-55)40-23-11-4-12-24-40/h1-35H. The summed E-state index contributed by atoms with van der Waals surface area (Å²) >= 11 is 0. The Labute approximate surface area is 341 Å². The predicted molar refractivity (Wildman–Crippen MR) is 243 cm³/mol. The highest BCUT2D eigenvalue weighted by Crippen LogP contribution is 2.42. The highest BCUT2D eigenvalue weighted by atomic mass is 16.3. The molecule has 0 aliphatic carbocycles. The van der Waals surface area contributed by atoms with Crippen molar-refractivity contribution in [2.75, 3.05) is 0 Å². The Hall–Kier alpha value is -7.95. The fourth-order valence-corrected chi connectivity index (χ4v) is 8.13. The number of nitrogens with zero attached hydrogens (tertiary/aromatic N) is 3. The van der Waals surface area contributed by atoms with E-state index in [1.807, 2.05) is 60.7 Å². The zero-order valence-corrected chi connectivity index (χ0v) is 32.0. The number of hydrogen-bond donors (Lipinski definition) is 0. The number of furan rings is 1. The summed E-state index contributed by atoms with van der Waals surface area (Å²) in [7, 11) is 0. The van der Waals surface area contributed by atoms with E-state index in [1.54, 1.807) is 0 Å². The second-order valence-electron chi connectivity index (χ2n) is 14.8. The summed E-state index contributed by atoms with van der Waals surface area (Å²) in [5.41, 5.74) is 13.3. The van der Waals surface area contributed by atoms with Crippen LogP contribution in [0.15, 0.2) is 217 Å². The molecule has 2 aromatic heterocycles. The van der Waals surface area contributed by atoms with Crippen molar-refractivity contribution in [1.82, 2.24) is 15.0 Å². The Kier molecular flexibility index (Phi) is 8.45. The maximum atomic E-state index is 6.94. The average Bonchev–Trinajstić information content (AvgIpc) is 3.71. The van der Waals surface area contributed by atoms with Gasteiger partial charge in [-0.25, -0.2) is 15.0 Å². The summed E-state index contributed by atoms with van der Waals surface area (Å²) in [5, 5.41) is 4.23. The van der Waals surface area contributed by atoms with Gasteiger partial charge >= 0.3 is 0 Å². The van der Waals surface area contributed by atoms with E-state index in [0.717, 1.165) is 71.7 Å². The molecule has 0 amide bonds. The van der Waals surface area contributed by atoms with Crippen molar-refractivity contribution in [3.8, 4) is 78.7 Å². The van der Waals surface area contributed by atoms with E-state index < -0.39 is 0 Å². The van der Waals surface area contributed by atoms with E-state index in [-0.39, 0.29) is 0 Å². The first-order valence-corrected chi connectivity index (χ1v) is 19.8. The van der Waals surface area contributed by atoms with Crippen molar-refractivity contribution in [2.24, 2.45) is 0 Å². The number of aromatic nitrogens is 3. The first-order valence-electron chi connectivity index (χ1n) is 19.8.